The minimum Gasteiger partial charge on any atom is -0.340 e. The van der Waals surface area contributed by atoms with Crippen LogP contribution in [0, 0.1) is 0 Å². The van der Waals surface area contributed by atoms with E-state index in [2.05, 4.69) is 27.2 Å². The van der Waals surface area contributed by atoms with Crippen LogP contribution in [-0.4, -0.2) is 62.9 Å². The lowest BCUT2D eigenvalue weighted by molar-refractivity contribution is 0.0789. The van der Waals surface area contributed by atoms with Gasteiger partial charge in [0, 0.05) is 32.9 Å². The maximum absolute atomic E-state index is 12.4. The first kappa shape index (κ1) is 13.8. The van der Waals surface area contributed by atoms with Crippen LogP contribution in [0.25, 0.3) is 0 Å². The Morgan fingerprint density at radius 3 is 3.10 bits per heavy atom. The van der Waals surface area contributed by atoms with E-state index in [1.165, 1.54) is 0 Å². The smallest absolute Gasteiger partial charge is 0.274 e. The quantitative estimate of drug-likeness (QED) is 0.882. The van der Waals surface area contributed by atoms with Gasteiger partial charge < -0.3 is 4.90 Å². The van der Waals surface area contributed by atoms with Crippen LogP contribution >= 0.6 is 0 Å². The number of aromatic nitrogens is 4. The molecule has 0 spiro atoms. The van der Waals surface area contributed by atoms with Crippen molar-refractivity contribution in [3.8, 4) is 0 Å². The number of aromatic amines is 1. The van der Waals surface area contributed by atoms with Crippen molar-refractivity contribution in [3.05, 3.63) is 35.4 Å². The Hall–Kier alpha value is -2.15. The normalized spacial score (nSPS) is 15.0. The number of H-pyrrole nitrogens is 1. The Bertz CT molecular complexity index is 617. The average Bonchev–Trinajstić information content (AvgIpc) is 3.12. The molecule has 1 aliphatic rings. The molecule has 7 heteroatoms. The summed E-state index contributed by atoms with van der Waals surface area (Å²) in [6, 6.07) is 1.91. The number of likely N-dealkylation sites (N-methyl/N-ethyl adjacent to an activating group) is 2. The second-order valence-electron chi connectivity index (χ2n) is 5.57. The molecule has 0 aromatic carbocycles. The van der Waals surface area contributed by atoms with Crippen molar-refractivity contribution >= 4 is 5.91 Å². The highest BCUT2D eigenvalue weighted by Gasteiger charge is 2.21. The van der Waals surface area contributed by atoms with Gasteiger partial charge in [0.05, 0.1) is 18.4 Å². The molecular formula is C14H20N6O. The molecule has 1 N–H and O–H groups in total. The van der Waals surface area contributed by atoms with Crippen molar-refractivity contribution in [1.29, 1.82) is 0 Å². The minimum absolute atomic E-state index is 0.0250. The molecule has 1 aliphatic heterocycles. The molecule has 0 unspecified atom stereocenters. The summed E-state index contributed by atoms with van der Waals surface area (Å²) in [4.78, 5) is 16.4. The first-order valence-electron chi connectivity index (χ1n) is 7.12. The summed E-state index contributed by atoms with van der Waals surface area (Å²) in [6.07, 6.45) is 4.42. The number of nitrogens with one attached hydrogen (secondary N) is 1. The number of hydrogen-bond acceptors (Lipinski definition) is 4. The van der Waals surface area contributed by atoms with E-state index in [0.717, 1.165) is 37.3 Å². The average molecular weight is 288 g/mol. The van der Waals surface area contributed by atoms with Crippen molar-refractivity contribution < 1.29 is 4.79 Å². The van der Waals surface area contributed by atoms with Crippen molar-refractivity contribution in [1.82, 2.24) is 29.8 Å². The van der Waals surface area contributed by atoms with Gasteiger partial charge in [-0.3, -0.25) is 19.5 Å². The molecular weight excluding hydrogens is 268 g/mol. The second-order valence-corrected chi connectivity index (χ2v) is 5.57. The Kier molecular flexibility index (Phi) is 3.74. The first-order chi connectivity index (χ1) is 10.1. The summed E-state index contributed by atoms with van der Waals surface area (Å²) >= 11 is 0. The number of nitrogens with zero attached hydrogens (tertiary/aromatic N) is 5. The molecule has 0 fully saturated rings. The maximum Gasteiger partial charge on any atom is 0.274 e. The highest BCUT2D eigenvalue weighted by molar-refractivity contribution is 5.92. The van der Waals surface area contributed by atoms with Crippen LogP contribution in [0.5, 0.6) is 0 Å². The minimum atomic E-state index is -0.0250. The van der Waals surface area contributed by atoms with Crippen LogP contribution in [0.2, 0.25) is 0 Å². The van der Waals surface area contributed by atoms with Crippen molar-refractivity contribution in [3.63, 3.8) is 0 Å². The molecule has 0 saturated heterocycles. The van der Waals surface area contributed by atoms with Crippen LogP contribution < -0.4 is 0 Å². The Morgan fingerprint density at radius 1 is 1.48 bits per heavy atom. The van der Waals surface area contributed by atoms with E-state index in [9.17, 15) is 4.79 Å². The van der Waals surface area contributed by atoms with E-state index in [1.54, 1.807) is 11.1 Å². The molecule has 1 amide bonds. The molecule has 2 aromatic heterocycles. The lowest BCUT2D eigenvalue weighted by Gasteiger charge is -2.22. The zero-order valence-electron chi connectivity index (χ0n) is 12.4. The Morgan fingerprint density at radius 2 is 2.33 bits per heavy atom. The van der Waals surface area contributed by atoms with E-state index in [1.807, 2.05) is 24.0 Å². The van der Waals surface area contributed by atoms with Gasteiger partial charge in [-0.15, -0.1) is 0 Å². The van der Waals surface area contributed by atoms with Gasteiger partial charge >= 0.3 is 0 Å². The first-order valence-corrected chi connectivity index (χ1v) is 7.12. The van der Waals surface area contributed by atoms with Gasteiger partial charge in [-0.1, -0.05) is 0 Å². The molecule has 0 aliphatic carbocycles. The molecule has 112 valence electrons. The molecule has 3 rings (SSSR count). The largest absolute Gasteiger partial charge is 0.340 e. The summed E-state index contributed by atoms with van der Waals surface area (Å²) in [5.41, 5.74) is 2.74. The zero-order valence-corrected chi connectivity index (χ0v) is 12.4. The van der Waals surface area contributed by atoms with Crippen molar-refractivity contribution in [2.45, 2.75) is 19.5 Å². The predicted molar refractivity (Wildman–Crippen MR) is 77.8 cm³/mol. The summed E-state index contributed by atoms with van der Waals surface area (Å²) in [6.45, 7) is 3.32. The monoisotopic (exact) mass is 288 g/mol. The van der Waals surface area contributed by atoms with Gasteiger partial charge in [0.15, 0.2) is 5.69 Å². The number of carbonyl (C=O) groups is 1. The van der Waals surface area contributed by atoms with Crippen LogP contribution in [0.4, 0.5) is 0 Å². The molecule has 0 atom stereocenters. The molecule has 3 heterocycles. The third-order valence-corrected chi connectivity index (χ3v) is 3.85. The fourth-order valence-electron chi connectivity index (χ4n) is 2.51. The molecule has 2 aromatic rings. The van der Waals surface area contributed by atoms with Crippen molar-refractivity contribution in [2.24, 2.45) is 0 Å². The number of fused-ring (bicyclic) bond motifs is 1. The standard InChI is InChI=1S/C14H20N6O/c1-18-5-6-20-12(10-18)7-13(17-20)14(21)19(2)4-3-11-8-15-16-9-11/h7-9H,3-6,10H2,1-2H3,(H,15,16). The summed E-state index contributed by atoms with van der Waals surface area (Å²) in [7, 11) is 3.89. The zero-order chi connectivity index (χ0) is 14.8. The van der Waals surface area contributed by atoms with Gasteiger partial charge in [-0.05, 0) is 25.1 Å². The molecule has 21 heavy (non-hydrogen) atoms. The molecule has 0 saturated carbocycles. The third kappa shape index (κ3) is 2.97. The van der Waals surface area contributed by atoms with Gasteiger partial charge in [0.1, 0.15) is 0 Å². The fourth-order valence-corrected chi connectivity index (χ4v) is 2.51. The number of carbonyl (C=O) groups excluding carboxylic acids is 1. The summed E-state index contributed by atoms with van der Waals surface area (Å²) in [5.74, 6) is -0.0250. The lowest BCUT2D eigenvalue weighted by Crippen LogP contribution is -2.31. The van der Waals surface area contributed by atoms with Gasteiger partial charge in [0.2, 0.25) is 0 Å². The van der Waals surface area contributed by atoms with Gasteiger partial charge in [0.25, 0.3) is 5.91 Å². The topological polar surface area (TPSA) is 70.1 Å². The Balaban J connectivity index is 1.64. The van der Waals surface area contributed by atoms with Gasteiger partial charge in [-0.2, -0.15) is 10.2 Å². The van der Waals surface area contributed by atoms with Crippen LogP contribution in [0.15, 0.2) is 18.5 Å². The van der Waals surface area contributed by atoms with E-state index in [0.29, 0.717) is 12.2 Å². The van der Waals surface area contributed by atoms with Crippen molar-refractivity contribution in [2.75, 3.05) is 27.2 Å². The highest BCUT2D eigenvalue weighted by atomic mass is 16.2. The number of rotatable bonds is 4. The number of hydrogen-bond donors (Lipinski definition) is 1. The third-order valence-electron chi connectivity index (χ3n) is 3.85. The molecule has 0 bridgehead atoms. The van der Waals surface area contributed by atoms with E-state index < -0.39 is 0 Å². The van der Waals surface area contributed by atoms with E-state index >= 15 is 0 Å². The maximum atomic E-state index is 12.4. The van der Waals surface area contributed by atoms with Crippen LogP contribution in [-0.2, 0) is 19.5 Å². The van der Waals surface area contributed by atoms with E-state index in [-0.39, 0.29) is 5.91 Å². The Labute approximate surface area is 123 Å². The second kappa shape index (κ2) is 5.69. The summed E-state index contributed by atoms with van der Waals surface area (Å²) < 4.78 is 1.94. The molecule has 0 radical (unpaired) electrons. The predicted octanol–water partition coefficient (Wildman–Crippen LogP) is 0.366. The van der Waals surface area contributed by atoms with Crippen LogP contribution in [0.3, 0.4) is 0 Å². The van der Waals surface area contributed by atoms with Gasteiger partial charge in [-0.25, -0.2) is 0 Å². The molecule has 7 nitrogen and oxygen atoms in total. The SMILES string of the molecule is CN1CCn2nc(C(=O)N(C)CCc3cn[nH]c3)cc2C1. The van der Waals surface area contributed by atoms with E-state index in [4.69, 9.17) is 0 Å². The number of amides is 1. The fraction of sp³-hybridized carbons (Fsp3) is 0.500. The lowest BCUT2D eigenvalue weighted by atomic mass is 10.2. The summed E-state index contributed by atoms with van der Waals surface area (Å²) in [5, 5.41) is 11.1. The highest BCUT2D eigenvalue weighted by Crippen LogP contribution is 2.13. The van der Waals surface area contributed by atoms with Crippen LogP contribution in [0.1, 0.15) is 21.7 Å².